The Morgan fingerprint density at radius 2 is 1.10 bits per heavy atom. The predicted octanol–water partition coefficient (Wildman–Crippen LogP) is 6.43. The van der Waals surface area contributed by atoms with Gasteiger partial charge in [0.05, 0.1) is 9.79 Å². The van der Waals surface area contributed by atoms with Crippen LogP contribution in [0, 0.1) is 0 Å². The van der Waals surface area contributed by atoms with Crippen LogP contribution in [0.25, 0.3) is 22.3 Å². The molecule has 0 N–H and O–H groups in total. The molecule has 144 valence electrons. The Labute approximate surface area is 182 Å². The number of hydrogen-bond acceptors (Lipinski definition) is 4. The quantitative estimate of drug-likeness (QED) is 0.363. The van der Waals surface area contributed by atoms with E-state index in [0.717, 1.165) is 26.5 Å². The van der Waals surface area contributed by atoms with Crippen LogP contribution in [0.15, 0.2) is 117 Å². The van der Waals surface area contributed by atoms with Crippen LogP contribution in [-0.4, -0.2) is 8.42 Å². The van der Waals surface area contributed by atoms with Crippen LogP contribution >= 0.6 is 25.3 Å². The first-order valence-corrected chi connectivity index (χ1v) is 11.4. The Morgan fingerprint density at radius 3 is 1.69 bits per heavy atom. The summed E-state index contributed by atoms with van der Waals surface area (Å²) in [5.74, 6) is 0. The van der Waals surface area contributed by atoms with Gasteiger partial charge in [-0.25, -0.2) is 8.42 Å². The van der Waals surface area contributed by atoms with Crippen molar-refractivity contribution in [2.45, 2.75) is 19.6 Å². The van der Waals surface area contributed by atoms with Gasteiger partial charge >= 0.3 is 0 Å². The highest BCUT2D eigenvalue weighted by atomic mass is 32.2. The number of rotatable bonds is 4. The number of thiol groups is 2. The molecule has 0 atom stereocenters. The average molecular weight is 435 g/mol. The Morgan fingerprint density at radius 1 is 0.552 bits per heavy atom. The molecule has 0 aliphatic heterocycles. The minimum atomic E-state index is -3.70. The first-order valence-electron chi connectivity index (χ1n) is 8.99. The maximum Gasteiger partial charge on any atom is 0.207 e. The highest BCUT2D eigenvalue weighted by Crippen LogP contribution is 2.39. The summed E-state index contributed by atoms with van der Waals surface area (Å²) in [6.45, 7) is 0. The molecule has 29 heavy (non-hydrogen) atoms. The molecular weight excluding hydrogens is 416 g/mol. The zero-order valence-corrected chi connectivity index (χ0v) is 18.0. The molecule has 0 amide bonds. The van der Waals surface area contributed by atoms with Gasteiger partial charge in [-0.1, -0.05) is 54.6 Å². The zero-order valence-electron chi connectivity index (χ0n) is 15.4. The van der Waals surface area contributed by atoms with Crippen LogP contribution in [-0.2, 0) is 9.84 Å². The zero-order chi connectivity index (χ0) is 20.4. The first-order chi connectivity index (χ1) is 14.0. The molecule has 4 aromatic carbocycles. The molecular formula is C24H18O2S3. The van der Waals surface area contributed by atoms with E-state index in [0.29, 0.717) is 5.56 Å². The lowest BCUT2D eigenvalue weighted by Crippen LogP contribution is -2.05. The van der Waals surface area contributed by atoms with Gasteiger partial charge in [0.1, 0.15) is 0 Å². The number of benzene rings is 4. The van der Waals surface area contributed by atoms with Crippen LogP contribution in [0.2, 0.25) is 0 Å². The molecule has 0 aromatic heterocycles. The number of hydrogen-bond donors (Lipinski definition) is 2. The second-order valence-electron chi connectivity index (χ2n) is 6.59. The van der Waals surface area contributed by atoms with E-state index in [1.165, 1.54) is 0 Å². The van der Waals surface area contributed by atoms with Crippen LogP contribution in [0.1, 0.15) is 0 Å². The van der Waals surface area contributed by atoms with Crippen LogP contribution in [0.4, 0.5) is 0 Å². The van der Waals surface area contributed by atoms with Gasteiger partial charge < -0.3 is 0 Å². The molecule has 0 aliphatic carbocycles. The van der Waals surface area contributed by atoms with E-state index < -0.39 is 9.84 Å². The third kappa shape index (κ3) is 3.99. The largest absolute Gasteiger partial charge is 0.218 e. The SMILES string of the molecule is O=S(=O)(c1ccccc1)c1cccc(-c2ccc(S)cc2)c1-c1ccc(S)cc1. The van der Waals surface area contributed by atoms with Gasteiger partial charge in [0.2, 0.25) is 9.84 Å². The van der Waals surface area contributed by atoms with E-state index in [4.69, 9.17) is 0 Å². The summed E-state index contributed by atoms with van der Waals surface area (Å²) in [7, 11) is -3.70. The average Bonchev–Trinajstić information content (AvgIpc) is 2.75. The third-order valence-electron chi connectivity index (χ3n) is 4.70. The van der Waals surface area contributed by atoms with Gasteiger partial charge in [0, 0.05) is 15.4 Å². The highest BCUT2D eigenvalue weighted by molar-refractivity contribution is 7.91. The van der Waals surface area contributed by atoms with Crippen molar-refractivity contribution in [1.82, 2.24) is 0 Å². The third-order valence-corrected chi connectivity index (χ3v) is 7.11. The predicted molar refractivity (Wildman–Crippen MR) is 124 cm³/mol. The van der Waals surface area contributed by atoms with Crippen molar-refractivity contribution in [3.8, 4) is 22.3 Å². The fourth-order valence-corrected chi connectivity index (χ4v) is 5.11. The van der Waals surface area contributed by atoms with Gasteiger partial charge in [-0.2, -0.15) is 0 Å². The van der Waals surface area contributed by atoms with Gasteiger partial charge in [-0.05, 0) is 59.2 Å². The lowest BCUT2D eigenvalue weighted by molar-refractivity contribution is 0.596. The molecule has 4 aromatic rings. The van der Waals surface area contributed by atoms with Crippen molar-refractivity contribution in [2.24, 2.45) is 0 Å². The molecule has 0 saturated heterocycles. The molecule has 0 radical (unpaired) electrons. The maximum atomic E-state index is 13.5. The minimum Gasteiger partial charge on any atom is -0.218 e. The Hall–Kier alpha value is -2.47. The summed E-state index contributed by atoms with van der Waals surface area (Å²) in [6.07, 6.45) is 0. The first kappa shape index (κ1) is 19.8. The molecule has 0 fully saturated rings. The molecule has 0 spiro atoms. The van der Waals surface area contributed by atoms with Crippen molar-refractivity contribution in [2.75, 3.05) is 0 Å². The molecule has 5 heteroatoms. The molecule has 0 saturated carbocycles. The summed E-state index contributed by atoms with van der Waals surface area (Å²) in [5, 5.41) is 0. The molecule has 0 unspecified atom stereocenters. The van der Waals surface area contributed by atoms with E-state index >= 15 is 0 Å². The Bertz CT molecular complexity index is 1250. The monoisotopic (exact) mass is 434 g/mol. The lowest BCUT2D eigenvalue weighted by Gasteiger charge is -2.16. The molecule has 0 heterocycles. The van der Waals surface area contributed by atoms with Crippen molar-refractivity contribution in [3.05, 3.63) is 97.1 Å². The van der Waals surface area contributed by atoms with Crippen molar-refractivity contribution < 1.29 is 8.42 Å². The summed E-state index contributed by atoms with van der Waals surface area (Å²) < 4.78 is 27.0. The minimum absolute atomic E-state index is 0.273. The second-order valence-corrected chi connectivity index (χ2v) is 9.54. The van der Waals surface area contributed by atoms with E-state index in [-0.39, 0.29) is 9.79 Å². The van der Waals surface area contributed by atoms with Crippen molar-refractivity contribution in [3.63, 3.8) is 0 Å². The van der Waals surface area contributed by atoms with E-state index in [1.54, 1.807) is 42.5 Å². The standard InChI is InChI=1S/C24H18O2S3/c25-29(26,21-5-2-1-3-6-21)23-8-4-7-22(17-9-13-19(27)14-10-17)24(23)18-11-15-20(28)16-12-18/h1-16,27-28H. The fraction of sp³-hybridized carbons (Fsp3) is 0. The van der Waals surface area contributed by atoms with Crippen molar-refractivity contribution in [1.29, 1.82) is 0 Å². The lowest BCUT2D eigenvalue weighted by atomic mass is 9.94. The summed E-state index contributed by atoms with van der Waals surface area (Å²) >= 11 is 8.73. The Balaban J connectivity index is 2.03. The van der Waals surface area contributed by atoms with E-state index in [9.17, 15) is 8.42 Å². The summed E-state index contributed by atoms with van der Waals surface area (Å²) in [6, 6.07) is 29.2. The summed E-state index contributed by atoms with van der Waals surface area (Å²) in [4.78, 5) is 2.22. The van der Waals surface area contributed by atoms with Crippen molar-refractivity contribution >= 4 is 35.1 Å². The smallest absolute Gasteiger partial charge is 0.207 e. The van der Waals surface area contributed by atoms with Crippen LogP contribution < -0.4 is 0 Å². The normalized spacial score (nSPS) is 11.4. The van der Waals surface area contributed by atoms with Gasteiger partial charge in [0.15, 0.2) is 0 Å². The van der Waals surface area contributed by atoms with Crippen LogP contribution in [0.5, 0.6) is 0 Å². The Kier molecular flexibility index (Phi) is 5.54. The van der Waals surface area contributed by atoms with E-state index in [2.05, 4.69) is 25.3 Å². The molecule has 4 rings (SSSR count). The second kappa shape index (κ2) is 8.11. The molecule has 0 bridgehead atoms. The van der Waals surface area contributed by atoms with Gasteiger partial charge in [-0.15, -0.1) is 25.3 Å². The van der Waals surface area contributed by atoms with Gasteiger partial charge in [-0.3, -0.25) is 0 Å². The number of sulfone groups is 1. The van der Waals surface area contributed by atoms with E-state index in [1.807, 2.05) is 54.6 Å². The maximum absolute atomic E-state index is 13.5. The molecule has 0 aliphatic rings. The topological polar surface area (TPSA) is 34.1 Å². The highest BCUT2D eigenvalue weighted by Gasteiger charge is 2.24. The fourth-order valence-electron chi connectivity index (χ4n) is 3.29. The van der Waals surface area contributed by atoms with Crippen LogP contribution in [0.3, 0.4) is 0 Å². The molecule has 2 nitrogen and oxygen atoms in total. The van der Waals surface area contributed by atoms with Gasteiger partial charge in [0.25, 0.3) is 0 Å². The summed E-state index contributed by atoms with van der Waals surface area (Å²) in [5.41, 5.74) is 3.28.